The van der Waals surface area contributed by atoms with Crippen molar-refractivity contribution in [2.45, 2.75) is 25.7 Å². The molecule has 0 aromatic heterocycles. The highest BCUT2D eigenvalue weighted by molar-refractivity contribution is 5.60. The minimum atomic E-state index is -0.482. The predicted molar refractivity (Wildman–Crippen MR) is 42.7 cm³/mol. The number of cyclic esters (lactones) is 2. The van der Waals surface area contributed by atoms with Crippen molar-refractivity contribution in [2.75, 3.05) is 13.2 Å². The smallest absolute Gasteiger partial charge is 0.434 e. The summed E-state index contributed by atoms with van der Waals surface area (Å²) >= 11 is 0. The lowest BCUT2D eigenvalue weighted by Gasteiger charge is -2.27. The molecule has 0 spiro atoms. The molecule has 0 bridgehead atoms. The molecule has 68 valence electrons. The van der Waals surface area contributed by atoms with Gasteiger partial charge in [0.05, 0.1) is 13.2 Å². The Balaban J connectivity index is 1.98. The lowest BCUT2D eigenvalue weighted by molar-refractivity contribution is 0.0684. The van der Waals surface area contributed by atoms with Crippen LogP contribution < -0.4 is 0 Å². The topological polar surface area (TPSA) is 35.5 Å². The fourth-order valence-corrected chi connectivity index (χ4v) is 2.12. The number of hydrogen-bond donors (Lipinski definition) is 0. The summed E-state index contributed by atoms with van der Waals surface area (Å²) in [4.78, 5) is 10.8. The minimum absolute atomic E-state index is 0.482. The summed E-state index contributed by atoms with van der Waals surface area (Å²) in [5.74, 6) is 1.12. The standard InChI is InChI=1S/C9H14O3/c10-9-11-5-7-3-1-2-4-8(7)6-12-9/h7-8H,1-6H2. The summed E-state index contributed by atoms with van der Waals surface area (Å²) < 4.78 is 9.82. The Morgan fingerprint density at radius 2 is 1.50 bits per heavy atom. The van der Waals surface area contributed by atoms with Crippen molar-refractivity contribution in [3.8, 4) is 0 Å². The maximum absolute atomic E-state index is 10.8. The number of ether oxygens (including phenoxy) is 2. The largest absolute Gasteiger partial charge is 0.508 e. The Kier molecular flexibility index (Phi) is 2.19. The molecular weight excluding hydrogens is 156 g/mol. The van der Waals surface area contributed by atoms with Gasteiger partial charge in [0.1, 0.15) is 0 Å². The van der Waals surface area contributed by atoms with Crippen LogP contribution in [0.5, 0.6) is 0 Å². The Hall–Kier alpha value is -0.730. The molecule has 0 aromatic rings. The molecular formula is C9H14O3. The Morgan fingerprint density at radius 3 is 2.00 bits per heavy atom. The Morgan fingerprint density at radius 1 is 1.00 bits per heavy atom. The molecule has 1 aliphatic heterocycles. The summed E-state index contributed by atoms with van der Waals surface area (Å²) in [6.07, 6.45) is 4.46. The quantitative estimate of drug-likeness (QED) is 0.521. The van der Waals surface area contributed by atoms with Crippen LogP contribution in [0.2, 0.25) is 0 Å². The van der Waals surface area contributed by atoms with Crippen molar-refractivity contribution < 1.29 is 14.3 Å². The summed E-state index contributed by atoms with van der Waals surface area (Å²) in [5.41, 5.74) is 0. The maximum atomic E-state index is 10.8. The van der Waals surface area contributed by atoms with E-state index in [-0.39, 0.29) is 0 Å². The van der Waals surface area contributed by atoms with Gasteiger partial charge in [-0.25, -0.2) is 4.79 Å². The lowest BCUT2D eigenvalue weighted by atomic mass is 9.80. The fraction of sp³-hybridized carbons (Fsp3) is 0.889. The van der Waals surface area contributed by atoms with Gasteiger partial charge < -0.3 is 9.47 Å². The zero-order valence-electron chi connectivity index (χ0n) is 7.12. The van der Waals surface area contributed by atoms with E-state index in [0.29, 0.717) is 25.0 Å². The molecule has 1 heterocycles. The van der Waals surface area contributed by atoms with Crippen molar-refractivity contribution >= 4 is 6.16 Å². The Bertz CT molecular complexity index is 161. The van der Waals surface area contributed by atoms with Crippen molar-refractivity contribution in [3.05, 3.63) is 0 Å². The first-order valence-corrected chi connectivity index (χ1v) is 4.66. The molecule has 2 aliphatic rings. The SMILES string of the molecule is O=C1OCC2CCCCC2CO1. The monoisotopic (exact) mass is 170 g/mol. The van der Waals surface area contributed by atoms with Gasteiger partial charge in [0.25, 0.3) is 0 Å². The van der Waals surface area contributed by atoms with E-state index in [2.05, 4.69) is 0 Å². The zero-order chi connectivity index (χ0) is 8.39. The van der Waals surface area contributed by atoms with Crippen LogP contribution in [-0.2, 0) is 9.47 Å². The van der Waals surface area contributed by atoms with Gasteiger partial charge in [-0.1, -0.05) is 12.8 Å². The third-order valence-electron chi connectivity index (χ3n) is 2.90. The highest BCUT2D eigenvalue weighted by atomic mass is 16.7. The molecule has 12 heavy (non-hydrogen) atoms. The molecule has 2 unspecified atom stereocenters. The minimum Gasteiger partial charge on any atom is -0.434 e. The van der Waals surface area contributed by atoms with E-state index in [4.69, 9.17) is 9.47 Å². The van der Waals surface area contributed by atoms with Gasteiger partial charge in [0.15, 0.2) is 0 Å². The summed E-state index contributed by atoms with van der Waals surface area (Å²) in [5, 5.41) is 0. The van der Waals surface area contributed by atoms with E-state index < -0.39 is 6.16 Å². The molecule has 1 aliphatic carbocycles. The van der Waals surface area contributed by atoms with Gasteiger partial charge in [-0.15, -0.1) is 0 Å². The molecule has 2 rings (SSSR count). The predicted octanol–water partition coefficient (Wildman–Crippen LogP) is 1.96. The van der Waals surface area contributed by atoms with E-state index in [0.717, 1.165) is 0 Å². The average Bonchev–Trinajstić information content (AvgIpc) is 2.29. The van der Waals surface area contributed by atoms with E-state index in [1.165, 1.54) is 25.7 Å². The van der Waals surface area contributed by atoms with E-state index in [9.17, 15) is 4.79 Å². The number of rotatable bonds is 0. The number of hydrogen-bond acceptors (Lipinski definition) is 3. The van der Waals surface area contributed by atoms with E-state index >= 15 is 0 Å². The van der Waals surface area contributed by atoms with Crippen molar-refractivity contribution in [3.63, 3.8) is 0 Å². The first-order chi connectivity index (χ1) is 5.86. The third kappa shape index (κ3) is 1.54. The van der Waals surface area contributed by atoms with Crippen molar-refractivity contribution in [2.24, 2.45) is 11.8 Å². The maximum Gasteiger partial charge on any atom is 0.508 e. The van der Waals surface area contributed by atoms with Crippen LogP contribution in [-0.4, -0.2) is 19.4 Å². The average molecular weight is 170 g/mol. The molecule has 2 fully saturated rings. The van der Waals surface area contributed by atoms with Crippen LogP contribution in [0.15, 0.2) is 0 Å². The molecule has 0 radical (unpaired) electrons. The van der Waals surface area contributed by atoms with Crippen LogP contribution in [0, 0.1) is 11.8 Å². The number of carbonyl (C=O) groups is 1. The van der Waals surface area contributed by atoms with Crippen molar-refractivity contribution in [1.29, 1.82) is 0 Å². The molecule has 2 atom stereocenters. The van der Waals surface area contributed by atoms with Crippen molar-refractivity contribution in [1.82, 2.24) is 0 Å². The van der Waals surface area contributed by atoms with Crippen LogP contribution in [0.3, 0.4) is 0 Å². The molecule has 0 N–H and O–H groups in total. The summed E-state index contributed by atoms with van der Waals surface area (Å²) in [6, 6.07) is 0. The molecule has 0 aromatic carbocycles. The van der Waals surface area contributed by atoms with Gasteiger partial charge in [0.2, 0.25) is 0 Å². The van der Waals surface area contributed by atoms with Crippen LogP contribution >= 0.6 is 0 Å². The van der Waals surface area contributed by atoms with Gasteiger partial charge in [0, 0.05) is 0 Å². The molecule has 1 saturated heterocycles. The van der Waals surface area contributed by atoms with E-state index in [1.807, 2.05) is 0 Å². The fourth-order valence-electron chi connectivity index (χ4n) is 2.12. The van der Waals surface area contributed by atoms with Gasteiger partial charge in [-0.2, -0.15) is 0 Å². The molecule has 3 nitrogen and oxygen atoms in total. The van der Waals surface area contributed by atoms with E-state index in [1.54, 1.807) is 0 Å². The van der Waals surface area contributed by atoms with Gasteiger partial charge >= 0.3 is 6.16 Å². The lowest BCUT2D eigenvalue weighted by Crippen LogP contribution is -2.24. The molecule has 3 heteroatoms. The number of carbonyl (C=O) groups excluding carboxylic acids is 1. The normalized spacial score (nSPS) is 35.8. The van der Waals surface area contributed by atoms with Crippen LogP contribution in [0.1, 0.15) is 25.7 Å². The molecule has 0 amide bonds. The first kappa shape index (κ1) is 7.90. The Labute approximate surface area is 72.0 Å². The molecule has 1 saturated carbocycles. The van der Waals surface area contributed by atoms with Gasteiger partial charge in [-0.05, 0) is 24.7 Å². The second-order valence-electron chi connectivity index (χ2n) is 3.68. The highest BCUT2D eigenvalue weighted by Crippen LogP contribution is 2.31. The van der Waals surface area contributed by atoms with Crippen LogP contribution in [0.25, 0.3) is 0 Å². The first-order valence-electron chi connectivity index (χ1n) is 4.66. The number of fused-ring (bicyclic) bond motifs is 1. The second-order valence-corrected chi connectivity index (χ2v) is 3.68. The van der Waals surface area contributed by atoms with Gasteiger partial charge in [-0.3, -0.25) is 0 Å². The highest BCUT2D eigenvalue weighted by Gasteiger charge is 2.30. The summed E-state index contributed by atoms with van der Waals surface area (Å²) in [6.45, 7) is 1.15. The third-order valence-corrected chi connectivity index (χ3v) is 2.90. The second kappa shape index (κ2) is 3.33. The summed E-state index contributed by atoms with van der Waals surface area (Å²) in [7, 11) is 0. The zero-order valence-corrected chi connectivity index (χ0v) is 7.12. The van der Waals surface area contributed by atoms with Crippen LogP contribution in [0.4, 0.5) is 4.79 Å².